The first-order valence-corrected chi connectivity index (χ1v) is 5.87. The van der Waals surface area contributed by atoms with Gasteiger partial charge >= 0.3 is 0 Å². The number of alkyl halides is 2. The zero-order valence-corrected chi connectivity index (χ0v) is 9.88. The van der Waals surface area contributed by atoms with E-state index in [1.807, 2.05) is 24.3 Å². The van der Waals surface area contributed by atoms with Gasteiger partial charge in [0.05, 0.1) is 7.11 Å². The second-order valence-corrected chi connectivity index (χ2v) is 4.51. The Morgan fingerprint density at radius 1 is 1.29 bits per heavy atom. The number of rotatable bonds is 3. The van der Waals surface area contributed by atoms with Gasteiger partial charge in [-0.1, -0.05) is 6.07 Å². The predicted octanol–water partition coefficient (Wildman–Crippen LogP) is 3.69. The summed E-state index contributed by atoms with van der Waals surface area (Å²) >= 11 is 0. The van der Waals surface area contributed by atoms with Gasteiger partial charge in [-0.25, -0.2) is 8.78 Å². The van der Waals surface area contributed by atoms with Gasteiger partial charge in [-0.3, -0.25) is 0 Å². The number of ether oxygens (including phenoxy) is 1. The molecular weight excluding hydrogens is 224 g/mol. The fraction of sp³-hybridized carbons (Fsp3) is 0.538. The van der Waals surface area contributed by atoms with Crippen LogP contribution >= 0.6 is 0 Å². The minimum atomic E-state index is -2.47. The molecule has 2 nitrogen and oxygen atoms in total. The lowest BCUT2D eigenvalue weighted by atomic mass is 9.92. The van der Waals surface area contributed by atoms with Crippen molar-refractivity contribution in [2.24, 2.45) is 0 Å². The molecule has 0 saturated heterocycles. The van der Waals surface area contributed by atoms with E-state index in [1.54, 1.807) is 7.11 Å². The number of hydrogen-bond acceptors (Lipinski definition) is 2. The van der Waals surface area contributed by atoms with E-state index >= 15 is 0 Å². The molecule has 0 aliphatic heterocycles. The molecule has 1 aliphatic rings. The average molecular weight is 241 g/mol. The highest BCUT2D eigenvalue weighted by molar-refractivity contribution is 5.48. The zero-order valence-electron chi connectivity index (χ0n) is 9.88. The monoisotopic (exact) mass is 241 g/mol. The van der Waals surface area contributed by atoms with Gasteiger partial charge < -0.3 is 10.1 Å². The van der Waals surface area contributed by atoms with Gasteiger partial charge in [0.15, 0.2) is 0 Å². The van der Waals surface area contributed by atoms with Crippen LogP contribution < -0.4 is 10.1 Å². The molecule has 2 rings (SSSR count). The first kappa shape index (κ1) is 12.1. The highest BCUT2D eigenvalue weighted by Crippen LogP contribution is 2.34. The summed E-state index contributed by atoms with van der Waals surface area (Å²) in [5.74, 6) is -1.69. The van der Waals surface area contributed by atoms with Crippen molar-refractivity contribution in [2.75, 3.05) is 12.4 Å². The quantitative estimate of drug-likeness (QED) is 0.871. The third-order valence-electron chi connectivity index (χ3n) is 3.16. The van der Waals surface area contributed by atoms with Gasteiger partial charge in [0.1, 0.15) is 5.75 Å². The lowest BCUT2D eigenvalue weighted by Gasteiger charge is -2.29. The summed E-state index contributed by atoms with van der Waals surface area (Å²) in [4.78, 5) is 0. The molecule has 4 heteroatoms. The molecule has 0 spiro atoms. The van der Waals surface area contributed by atoms with E-state index < -0.39 is 5.92 Å². The molecule has 0 amide bonds. The fourth-order valence-electron chi connectivity index (χ4n) is 2.13. The van der Waals surface area contributed by atoms with Crippen LogP contribution in [0.5, 0.6) is 5.75 Å². The van der Waals surface area contributed by atoms with Crippen LogP contribution in [0.25, 0.3) is 0 Å². The van der Waals surface area contributed by atoms with E-state index in [9.17, 15) is 8.78 Å². The molecule has 94 valence electrons. The van der Waals surface area contributed by atoms with Gasteiger partial charge in [0.2, 0.25) is 5.92 Å². The third kappa shape index (κ3) is 3.32. The lowest BCUT2D eigenvalue weighted by Crippen LogP contribution is -2.31. The van der Waals surface area contributed by atoms with Gasteiger partial charge in [0.25, 0.3) is 0 Å². The van der Waals surface area contributed by atoms with Gasteiger partial charge in [-0.2, -0.15) is 0 Å². The molecule has 1 aromatic carbocycles. The smallest absolute Gasteiger partial charge is 0.248 e. The summed E-state index contributed by atoms with van der Waals surface area (Å²) < 4.78 is 31.1. The van der Waals surface area contributed by atoms with Crippen molar-refractivity contribution in [3.05, 3.63) is 24.3 Å². The molecule has 0 radical (unpaired) electrons. The van der Waals surface area contributed by atoms with Gasteiger partial charge in [-0.15, -0.1) is 0 Å². The van der Waals surface area contributed by atoms with Gasteiger partial charge in [0, 0.05) is 30.6 Å². The normalized spacial score (nSPS) is 19.9. The first-order valence-electron chi connectivity index (χ1n) is 5.87. The number of nitrogens with one attached hydrogen (secondary N) is 1. The Bertz CT molecular complexity index is 371. The molecule has 1 aromatic rings. The Morgan fingerprint density at radius 3 is 2.65 bits per heavy atom. The molecule has 0 unspecified atom stereocenters. The van der Waals surface area contributed by atoms with Crippen LogP contribution in [0.1, 0.15) is 25.7 Å². The van der Waals surface area contributed by atoms with Crippen LogP contribution in [0.4, 0.5) is 14.5 Å². The van der Waals surface area contributed by atoms with Crippen molar-refractivity contribution in [1.29, 1.82) is 0 Å². The maximum absolute atomic E-state index is 13.0. The van der Waals surface area contributed by atoms with Crippen LogP contribution in [-0.2, 0) is 0 Å². The second-order valence-electron chi connectivity index (χ2n) is 4.51. The van der Waals surface area contributed by atoms with E-state index in [0.29, 0.717) is 12.8 Å². The van der Waals surface area contributed by atoms with Crippen molar-refractivity contribution >= 4 is 5.69 Å². The van der Waals surface area contributed by atoms with E-state index in [2.05, 4.69) is 5.32 Å². The summed E-state index contributed by atoms with van der Waals surface area (Å²) in [5, 5.41) is 3.28. The minimum absolute atomic E-state index is 0.0192. The molecule has 1 saturated carbocycles. The largest absolute Gasteiger partial charge is 0.497 e. The van der Waals surface area contributed by atoms with Crippen molar-refractivity contribution in [2.45, 2.75) is 37.6 Å². The number of methoxy groups -OCH3 is 1. The topological polar surface area (TPSA) is 21.3 Å². The van der Waals surface area contributed by atoms with E-state index in [1.165, 1.54) is 0 Å². The van der Waals surface area contributed by atoms with Crippen LogP contribution in [0, 0.1) is 0 Å². The summed E-state index contributed by atoms with van der Waals surface area (Å²) in [6, 6.07) is 7.70. The van der Waals surface area contributed by atoms with Crippen LogP contribution in [0.3, 0.4) is 0 Å². The number of hydrogen-bond donors (Lipinski definition) is 1. The standard InChI is InChI=1S/C13H17F2NO/c1-17-12-4-2-3-11(9-12)16-10-5-7-13(14,15)8-6-10/h2-4,9-10,16H,5-8H2,1H3. The lowest BCUT2D eigenvalue weighted by molar-refractivity contribution is -0.0360. The van der Waals surface area contributed by atoms with Crippen LogP contribution in [-0.4, -0.2) is 19.1 Å². The Balaban J connectivity index is 1.93. The molecule has 0 heterocycles. The summed E-state index contributed by atoms with van der Waals surface area (Å²) in [7, 11) is 1.61. The fourth-order valence-corrected chi connectivity index (χ4v) is 2.13. The maximum Gasteiger partial charge on any atom is 0.248 e. The van der Waals surface area contributed by atoms with Crippen LogP contribution in [0.15, 0.2) is 24.3 Å². The van der Waals surface area contributed by atoms with E-state index in [0.717, 1.165) is 11.4 Å². The van der Waals surface area contributed by atoms with Gasteiger partial charge in [-0.05, 0) is 25.0 Å². The summed E-state index contributed by atoms with van der Waals surface area (Å²) in [5.41, 5.74) is 0.930. The number of anilines is 1. The molecule has 17 heavy (non-hydrogen) atoms. The van der Waals surface area contributed by atoms with Crippen LogP contribution in [0.2, 0.25) is 0 Å². The Hall–Kier alpha value is -1.32. The Kier molecular flexibility index (Phi) is 3.50. The Labute approximate surface area is 100.0 Å². The van der Waals surface area contributed by atoms with E-state index in [-0.39, 0.29) is 18.9 Å². The maximum atomic E-state index is 13.0. The molecule has 0 aromatic heterocycles. The average Bonchev–Trinajstić information content (AvgIpc) is 2.32. The van der Waals surface area contributed by atoms with Crippen molar-refractivity contribution in [3.63, 3.8) is 0 Å². The van der Waals surface area contributed by atoms with Crippen molar-refractivity contribution in [3.8, 4) is 5.75 Å². The number of benzene rings is 1. The summed E-state index contributed by atoms with van der Waals surface area (Å²) in [6.07, 6.45) is 0.998. The van der Waals surface area contributed by atoms with Crippen molar-refractivity contribution < 1.29 is 13.5 Å². The highest BCUT2D eigenvalue weighted by Gasteiger charge is 2.34. The first-order chi connectivity index (χ1) is 8.09. The Morgan fingerprint density at radius 2 is 2.00 bits per heavy atom. The molecule has 0 bridgehead atoms. The third-order valence-corrected chi connectivity index (χ3v) is 3.16. The SMILES string of the molecule is COc1cccc(NC2CCC(F)(F)CC2)c1. The molecule has 1 aliphatic carbocycles. The highest BCUT2D eigenvalue weighted by atomic mass is 19.3. The second kappa shape index (κ2) is 4.90. The van der Waals surface area contributed by atoms with Crippen molar-refractivity contribution in [1.82, 2.24) is 0 Å². The zero-order chi connectivity index (χ0) is 12.3. The summed E-state index contributed by atoms with van der Waals surface area (Å²) in [6.45, 7) is 0. The molecule has 0 atom stereocenters. The molecule has 1 fully saturated rings. The predicted molar refractivity (Wildman–Crippen MR) is 63.8 cm³/mol. The number of halogens is 2. The van der Waals surface area contributed by atoms with E-state index in [4.69, 9.17) is 4.74 Å². The minimum Gasteiger partial charge on any atom is -0.497 e. The molecule has 1 N–H and O–H groups in total. The molecular formula is C13H17F2NO.